The van der Waals surface area contributed by atoms with Crippen LogP contribution in [-0.4, -0.2) is 38.8 Å². The molecule has 2 aromatic rings. The smallest absolute Gasteiger partial charge is 0.189 e. The van der Waals surface area contributed by atoms with E-state index in [-0.39, 0.29) is 0 Å². The molecule has 0 bridgehead atoms. The third kappa shape index (κ3) is 4.18. The second kappa shape index (κ2) is 7.05. The van der Waals surface area contributed by atoms with E-state index in [1.807, 2.05) is 6.07 Å². The maximum absolute atomic E-state index is 5.08. The number of hydrogen-bond donors (Lipinski definition) is 2. The van der Waals surface area contributed by atoms with Gasteiger partial charge < -0.3 is 10.1 Å². The SMILES string of the molecule is CCCNc1cc(Sc2ncn[nH]2)nc(COC)n1. The Bertz CT molecular complexity index is 504. The Balaban J connectivity index is 2.17. The van der Waals surface area contributed by atoms with Gasteiger partial charge in [-0.1, -0.05) is 6.92 Å². The van der Waals surface area contributed by atoms with Gasteiger partial charge in [-0.2, -0.15) is 5.10 Å². The molecule has 0 amide bonds. The van der Waals surface area contributed by atoms with Crippen molar-refractivity contribution in [3.8, 4) is 0 Å². The molecular weight excluding hydrogens is 264 g/mol. The highest BCUT2D eigenvalue weighted by molar-refractivity contribution is 7.99. The summed E-state index contributed by atoms with van der Waals surface area (Å²) in [7, 11) is 1.62. The highest BCUT2D eigenvalue weighted by Crippen LogP contribution is 2.24. The van der Waals surface area contributed by atoms with Crippen LogP contribution in [0.4, 0.5) is 5.82 Å². The molecule has 0 aromatic carbocycles. The molecule has 2 aromatic heterocycles. The van der Waals surface area contributed by atoms with Crippen molar-refractivity contribution in [2.75, 3.05) is 19.0 Å². The molecule has 0 aliphatic heterocycles. The zero-order chi connectivity index (χ0) is 13.5. The predicted molar refractivity (Wildman–Crippen MR) is 72.0 cm³/mol. The molecule has 0 aliphatic rings. The number of hydrogen-bond acceptors (Lipinski definition) is 7. The first kappa shape index (κ1) is 13.8. The molecule has 102 valence electrons. The molecular formula is C11H16N6OS. The number of aromatic amines is 1. The summed E-state index contributed by atoms with van der Waals surface area (Å²) in [5.74, 6) is 1.44. The zero-order valence-electron chi connectivity index (χ0n) is 10.9. The maximum atomic E-state index is 5.08. The fourth-order valence-electron chi connectivity index (χ4n) is 1.40. The largest absolute Gasteiger partial charge is 0.377 e. The maximum Gasteiger partial charge on any atom is 0.189 e. The summed E-state index contributed by atoms with van der Waals surface area (Å²) >= 11 is 1.41. The third-order valence-corrected chi connectivity index (χ3v) is 2.98. The first-order chi connectivity index (χ1) is 9.31. The van der Waals surface area contributed by atoms with Crippen molar-refractivity contribution in [3.63, 3.8) is 0 Å². The zero-order valence-corrected chi connectivity index (χ0v) is 11.7. The molecule has 0 saturated heterocycles. The van der Waals surface area contributed by atoms with E-state index >= 15 is 0 Å². The summed E-state index contributed by atoms with van der Waals surface area (Å²) in [5, 5.41) is 11.3. The standard InChI is InChI=1S/C11H16N6OS/c1-3-4-12-8-5-10(16-9(15-8)6-18-2)19-11-13-7-14-17-11/h5,7H,3-4,6H2,1-2H3,(H,12,15,16)(H,13,14,17). The van der Waals surface area contributed by atoms with Crippen molar-refractivity contribution in [2.24, 2.45) is 0 Å². The Labute approximate surface area is 115 Å². The Morgan fingerprint density at radius 2 is 2.32 bits per heavy atom. The van der Waals surface area contributed by atoms with Crippen molar-refractivity contribution in [1.29, 1.82) is 0 Å². The number of nitrogens with zero attached hydrogens (tertiary/aromatic N) is 4. The molecule has 0 spiro atoms. The minimum atomic E-state index is 0.381. The summed E-state index contributed by atoms with van der Waals surface area (Å²) < 4.78 is 5.08. The van der Waals surface area contributed by atoms with Gasteiger partial charge in [0.2, 0.25) is 0 Å². The van der Waals surface area contributed by atoms with Crippen LogP contribution < -0.4 is 5.32 Å². The van der Waals surface area contributed by atoms with Crippen LogP contribution in [0.25, 0.3) is 0 Å². The molecule has 0 radical (unpaired) electrons. The fraction of sp³-hybridized carbons (Fsp3) is 0.455. The molecule has 8 heteroatoms. The lowest BCUT2D eigenvalue weighted by atomic mass is 10.4. The second-order valence-electron chi connectivity index (χ2n) is 3.76. The molecule has 2 N–H and O–H groups in total. The van der Waals surface area contributed by atoms with Crippen molar-refractivity contribution >= 4 is 17.6 Å². The van der Waals surface area contributed by atoms with Crippen LogP contribution in [0.1, 0.15) is 19.2 Å². The van der Waals surface area contributed by atoms with Crippen molar-refractivity contribution in [1.82, 2.24) is 25.1 Å². The highest BCUT2D eigenvalue weighted by Gasteiger charge is 2.07. The van der Waals surface area contributed by atoms with Crippen molar-refractivity contribution in [2.45, 2.75) is 30.1 Å². The average Bonchev–Trinajstić information content (AvgIpc) is 2.89. The first-order valence-electron chi connectivity index (χ1n) is 5.95. The summed E-state index contributed by atoms with van der Waals surface area (Å²) in [6.45, 7) is 3.36. The van der Waals surface area contributed by atoms with E-state index in [1.165, 1.54) is 18.1 Å². The van der Waals surface area contributed by atoms with Gasteiger partial charge in [0.25, 0.3) is 0 Å². The van der Waals surface area contributed by atoms with Gasteiger partial charge in [-0.05, 0) is 18.2 Å². The van der Waals surface area contributed by atoms with Gasteiger partial charge >= 0.3 is 0 Å². The van der Waals surface area contributed by atoms with Gasteiger partial charge in [0, 0.05) is 19.7 Å². The predicted octanol–water partition coefficient (Wildman–Crippen LogP) is 1.71. The lowest BCUT2D eigenvalue weighted by Crippen LogP contribution is -2.06. The number of ether oxygens (including phenoxy) is 1. The Kier molecular flexibility index (Phi) is 5.10. The van der Waals surface area contributed by atoms with E-state index in [9.17, 15) is 0 Å². The highest BCUT2D eigenvalue weighted by atomic mass is 32.2. The lowest BCUT2D eigenvalue weighted by molar-refractivity contribution is 0.177. The second-order valence-corrected chi connectivity index (χ2v) is 4.77. The normalized spacial score (nSPS) is 10.6. The fourth-order valence-corrected chi connectivity index (χ4v) is 2.12. The van der Waals surface area contributed by atoms with Crippen LogP contribution in [0.3, 0.4) is 0 Å². The molecule has 0 unspecified atom stereocenters. The van der Waals surface area contributed by atoms with Crippen molar-refractivity contribution < 1.29 is 4.74 Å². The van der Waals surface area contributed by atoms with E-state index in [4.69, 9.17) is 4.74 Å². The van der Waals surface area contributed by atoms with Crippen LogP contribution in [0.2, 0.25) is 0 Å². The van der Waals surface area contributed by atoms with Gasteiger partial charge in [-0.25, -0.2) is 15.0 Å². The molecule has 0 atom stereocenters. The summed E-state index contributed by atoms with van der Waals surface area (Å²) in [5.41, 5.74) is 0. The summed E-state index contributed by atoms with van der Waals surface area (Å²) in [6.07, 6.45) is 2.50. The van der Waals surface area contributed by atoms with Crippen LogP contribution >= 0.6 is 11.8 Å². The van der Waals surface area contributed by atoms with Gasteiger partial charge in [0.05, 0.1) is 0 Å². The number of methoxy groups -OCH3 is 1. The molecule has 2 rings (SSSR count). The van der Waals surface area contributed by atoms with E-state index in [0.29, 0.717) is 17.6 Å². The van der Waals surface area contributed by atoms with Crippen LogP contribution in [0, 0.1) is 0 Å². The number of aromatic nitrogens is 5. The Morgan fingerprint density at radius 1 is 1.42 bits per heavy atom. The first-order valence-corrected chi connectivity index (χ1v) is 6.77. The van der Waals surface area contributed by atoms with E-state index in [2.05, 4.69) is 37.4 Å². The van der Waals surface area contributed by atoms with E-state index in [1.54, 1.807) is 7.11 Å². The average molecular weight is 280 g/mol. The van der Waals surface area contributed by atoms with Crippen LogP contribution in [-0.2, 0) is 11.3 Å². The molecule has 19 heavy (non-hydrogen) atoms. The van der Waals surface area contributed by atoms with E-state index < -0.39 is 0 Å². The van der Waals surface area contributed by atoms with Gasteiger partial charge in [0.1, 0.15) is 23.8 Å². The number of anilines is 1. The van der Waals surface area contributed by atoms with Gasteiger partial charge in [-0.15, -0.1) is 0 Å². The third-order valence-electron chi connectivity index (χ3n) is 2.17. The molecule has 0 aliphatic carbocycles. The van der Waals surface area contributed by atoms with Crippen LogP contribution in [0.5, 0.6) is 0 Å². The number of H-pyrrole nitrogens is 1. The van der Waals surface area contributed by atoms with Crippen molar-refractivity contribution in [3.05, 3.63) is 18.2 Å². The molecule has 0 fully saturated rings. The van der Waals surface area contributed by atoms with Gasteiger partial charge in [0.15, 0.2) is 11.0 Å². The number of nitrogens with one attached hydrogen (secondary N) is 2. The molecule has 7 nitrogen and oxygen atoms in total. The van der Waals surface area contributed by atoms with Gasteiger partial charge in [-0.3, -0.25) is 5.10 Å². The summed E-state index contributed by atoms with van der Waals surface area (Å²) in [4.78, 5) is 12.9. The Hall–Kier alpha value is -1.67. The monoisotopic (exact) mass is 280 g/mol. The molecule has 0 saturated carbocycles. The minimum Gasteiger partial charge on any atom is -0.377 e. The lowest BCUT2D eigenvalue weighted by Gasteiger charge is -2.08. The molecule has 2 heterocycles. The van der Waals surface area contributed by atoms with E-state index in [0.717, 1.165) is 23.8 Å². The van der Waals surface area contributed by atoms with Crippen LogP contribution in [0.15, 0.2) is 22.6 Å². The quantitative estimate of drug-likeness (QED) is 0.746. The summed E-state index contributed by atoms with van der Waals surface area (Å²) in [6, 6.07) is 1.89. The Morgan fingerprint density at radius 3 is 3.00 bits per heavy atom. The number of rotatable bonds is 7. The topological polar surface area (TPSA) is 88.6 Å². The minimum absolute atomic E-state index is 0.381.